The van der Waals surface area contributed by atoms with Crippen molar-refractivity contribution in [3.05, 3.63) is 16.6 Å². The second-order valence-electron chi connectivity index (χ2n) is 6.77. The molecule has 0 spiro atoms. The number of ether oxygens (including phenoxy) is 1. The van der Waals surface area contributed by atoms with Gasteiger partial charge in [-0.3, -0.25) is 4.79 Å². The predicted molar refractivity (Wildman–Crippen MR) is 96.2 cm³/mol. The lowest BCUT2D eigenvalue weighted by Crippen LogP contribution is -2.82. The maximum Gasteiger partial charge on any atom is 0.243 e. The number of thiazole rings is 1. The third-order valence-electron chi connectivity index (χ3n) is 5.27. The molecule has 1 aromatic heterocycles. The van der Waals surface area contributed by atoms with Gasteiger partial charge in [0.2, 0.25) is 5.91 Å². The number of amides is 1. The van der Waals surface area contributed by atoms with Crippen molar-refractivity contribution in [2.24, 2.45) is 17.1 Å². The van der Waals surface area contributed by atoms with Crippen molar-refractivity contribution in [2.75, 3.05) is 13.7 Å². The first-order valence-corrected chi connectivity index (χ1v) is 8.36. The maximum absolute atomic E-state index is 13.0. The van der Waals surface area contributed by atoms with Gasteiger partial charge in [0.15, 0.2) is 0 Å². The van der Waals surface area contributed by atoms with Crippen LogP contribution in [0.15, 0.2) is 10.9 Å². The van der Waals surface area contributed by atoms with E-state index < -0.39 is 5.54 Å². The molecule has 0 radical (unpaired) electrons. The van der Waals surface area contributed by atoms with Gasteiger partial charge in [0.25, 0.3) is 0 Å². The fourth-order valence-electron chi connectivity index (χ4n) is 3.96. The van der Waals surface area contributed by atoms with Crippen LogP contribution in [-0.4, -0.2) is 41.1 Å². The smallest absolute Gasteiger partial charge is 0.243 e. The molecule has 8 heteroatoms. The number of hydrogen-bond donors (Lipinski definition) is 1. The molecule has 0 bridgehead atoms. The minimum absolute atomic E-state index is 0. The molecule has 0 aromatic carbocycles. The van der Waals surface area contributed by atoms with Gasteiger partial charge in [0.05, 0.1) is 23.9 Å². The Kier molecular flexibility index (Phi) is 6.49. The van der Waals surface area contributed by atoms with Gasteiger partial charge in [-0.15, -0.1) is 36.2 Å². The first-order chi connectivity index (χ1) is 9.89. The molecule has 3 atom stereocenters. The van der Waals surface area contributed by atoms with Crippen LogP contribution in [0.3, 0.4) is 0 Å². The maximum atomic E-state index is 13.0. The van der Waals surface area contributed by atoms with Crippen LogP contribution in [0.4, 0.5) is 0 Å². The number of hydrogen-bond acceptors (Lipinski definition) is 5. The molecular weight excluding hydrogens is 357 g/mol. The van der Waals surface area contributed by atoms with Gasteiger partial charge in [0.1, 0.15) is 5.54 Å². The van der Waals surface area contributed by atoms with Crippen LogP contribution in [0.5, 0.6) is 0 Å². The molecule has 2 N–H and O–H groups in total. The molecule has 1 saturated carbocycles. The second kappa shape index (κ2) is 7.23. The van der Waals surface area contributed by atoms with Crippen LogP contribution >= 0.6 is 36.2 Å². The molecule has 1 amide bonds. The Morgan fingerprint density at radius 1 is 1.52 bits per heavy atom. The molecule has 2 fully saturated rings. The minimum Gasteiger partial charge on any atom is -0.377 e. The fraction of sp³-hybridized carbons (Fsp3) is 0.733. The summed E-state index contributed by atoms with van der Waals surface area (Å²) in [6.07, 6.45) is 2.06. The SMILES string of the molecule is CN(Cc1cscn1)C(=O)C1(N)C2CCCOC2C1(C)C.Cl.Cl. The number of rotatable bonds is 3. The van der Waals surface area contributed by atoms with E-state index in [1.54, 1.807) is 10.4 Å². The minimum atomic E-state index is -0.830. The summed E-state index contributed by atoms with van der Waals surface area (Å²) in [7, 11) is 1.81. The lowest BCUT2D eigenvalue weighted by Gasteiger charge is -2.65. The summed E-state index contributed by atoms with van der Waals surface area (Å²) in [5.74, 6) is 0.138. The third-order valence-corrected chi connectivity index (χ3v) is 5.90. The van der Waals surface area contributed by atoms with Crippen LogP contribution in [0, 0.1) is 11.3 Å². The third kappa shape index (κ3) is 3.00. The summed E-state index contributed by atoms with van der Waals surface area (Å²) in [5, 5.41) is 1.96. The van der Waals surface area contributed by atoms with Crippen molar-refractivity contribution in [3.63, 3.8) is 0 Å². The zero-order chi connectivity index (χ0) is 15.3. The Balaban J connectivity index is 0.00000132. The average Bonchev–Trinajstić information content (AvgIpc) is 2.98. The van der Waals surface area contributed by atoms with E-state index in [1.165, 1.54) is 11.3 Å². The van der Waals surface area contributed by atoms with Gasteiger partial charge < -0.3 is 15.4 Å². The van der Waals surface area contributed by atoms with Crippen LogP contribution in [-0.2, 0) is 16.1 Å². The van der Waals surface area contributed by atoms with E-state index in [9.17, 15) is 4.79 Å². The summed E-state index contributed by atoms with van der Waals surface area (Å²) in [6.45, 7) is 5.39. The highest BCUT2D eigenvalue weighted by Crippen LogP contribution is 2.57. The van der Waals surface area contributed by atoms with E-state index in [-0.39, 0.29) is 48.2 Å². The molecule has 1 aromatic rings. The first-order valence-electron chi connectivity index (χ1n) is 7.42. The Morgan fingerprint density at radius 3 is 2.83 bits per heavy atom. The predicted octanol–water partition coefficient (Wildman–Crippen LogP) is 2.48. The number of aromatic nitrogens is 1. The van der Waals surface area contributed by atoms with Crippen LogP contribution < -0.4 is 5.73 Å². The van der Waals surface area contributed by atoms with Crippen molar-refractivity contribution in [3.8, 4) is 0 Å². The van der Waals surface area contributed by atoms with Gasteiger partial charge in [-0.2, -0.15) is 0 Å². The Bertz CT molecular complexity index is 541. The number of carbonyl (C=O) groups excluding carboxylic acids is 1. The van der Waals surface area contributed by atoms with Crippen LogP contribution in [0.2, 0.25) is 0 Å². The Hall–Kier alpha value is -0.400. The highest BCUT2D eigenvalue weighted by Gasteiger charge is 2.70. The highest BCUT2D eigenvalue weighted by atomic mass is 35.5. The number of fused-ring (bicyclic) bond motifs is 1. The normalized spacial score (nSPS) is 31.0. The molecule has 5 nitrogen and oxygen atoms in total. The fourth-order valence-corrected chi connectivity index (χ4v) is 4.51. The summed E-state index contributed by atoms with van der Waals surface area (Å²) in [6, 6.07) is 0. The van der Waals surface area contributed by atoms with Crippen LogP contribution in [0.1, 0.15) is 32.4 Å². The molecule has 1 saturated heterocycles. The summed E-state index contributed by atoms with van der Waals surface area (Å²) in [5.41, 5.74) is 8.15. The van der Waals surface area contributed by atoms with Crippen molar-refractivity contribution in [2.45, 2.75) is 44.9 Å². The molecule has 1 aliphatic carbocycles. The van der Waals surface area contributed by atoms with E-state index in [2.05, 4.69) is 4.98 Å². The average molecular weight is 382 g/mol. The van der Waals surface area contributed by atoms with E-state index >= 15 is 0 Å². The molecule has 2 heterocycles. The number of likely N-dealkylation sites (N-methyl/N-ethyl adjacent to an activating group) is 1. The molecule has 132 valence electrons. The van der Waals surface area contributed by atoms with Gasteiger partial charge in [-0.05, 0) is 12.8 Å². The van der Waals surface area contributed by atoms with Crippen molar-refractivity contribution < 1.29 is 9.53 Å². The molecule has 3 unspecified atom stereocenters. The number of nitrogens with two attached hydrogens (primary N) is 1. The van der Waals surface area contributed by atoms with E-state index in [4.69, 9.17) is 10.5 Å². The number of carbonyl (C=O) groups is 1. The summed E-state index contributed by atoms with van der Waals surface area (Å²) < 4.78 is 5.86. The van der Waals surface area contributed by atoms with Gasteiger partial charge in [-0.1, -0.05) is 13.8 Å². The lowest BCUT2D eigenvalue weighted by molar-refractivity contribution is -0.229. The van der Waals surface area contributed by atoms with Gasteiger partial charge in [0, 0.05) is 30.4 Å². The Morgan fingerprint density at radius 2 is 2.22 bits per heavy atom. The monoisotopic (exact) mass is 381 g/mol. The second-order valence-corrected chi connectivity index (χ2v) is 7.49. The van der Waals surface area contributed by atoms with Gasteiger partial charge in [-0.25, -0.2) is 4.98 Å². The van der Waals surface area contributed by atoms with Crippen molar-refractivity contribution >= 4 is 42.1 Å². The first kappa shape index (κ1) is 20.6. The molecule has 23 heavy (non-hydrogen) atoms. The molecule has 3 rings (SSSR count). The molecule has 1 aliphatic heterocycles. The van der Waals surface area contributed by atoms with Gasteiger partial charge >= 0.3 is 0 Å². The van der Waals surface area contributed by atoms with Crippen molar-refractivity contribution in [1.29, 1.82) is 0 Å². The van der Waals surface area contributed by atoms with Crippen LogP contribution in [0.25, 0.3) is 0 Å². The van der Waals surface area contributed by atoms with Crippen molar-refractivity contribution in [1.82, 2.24) is 9.88 Å². The highest BCUT2D eigenvalue weighted by molar-refractivity contribution is 7.07. The van der Waals surface area contributed by atoms with E-state index in [0.29, 0.717) is 6.54 Å². The Labute approximate surface area is 153 Å². The standard InChI is InChI=1S/C15H23N3O2S.2ClH/c1-14(2)12-11(5-4-6-20-12)15(14,16)13(19)18(3)7-10-8-21-9-17-10;;/h8-9,11-12H,4-7,16H2,1-3H3;2*1H. The zero-order valence-electron chi connectivity index (χ0n) is 13.7. The molecule has 2 aliphatic rings. The van der Waals surface area contributed by atoms with E-state index in [0.717, 1.165) is 25.1 Å². The van der Waals surface area contributed by atoms with E-state index in [1.807, 2.05) is 26.3 Å². The topological polar surface area (TPSA) is 68.5 Å². The number of nitrogens with zero attached hydrogens (tertiary/aromatic N) is 2. The molecular formula is C15H25Cl2N3O2S. The zero-order valence-corrected chi connectivity index (χ0v) is 16.1. The number of halogens is 2. The lowest BCUT2D eigenvalue weighted by atomic mass is 9.46. The summed E-state index contributed by atoms with van der Waals surface area (Å²) >= 11 is 1.54. The quantitative estimate of drug-likeness (QED) is 0.872. The summed E-state index contributed by atoms with van der Waals surface area (Å²) in [4.78, 5) is 18.9. The largest absolute Gasteiger partial charge is 0.377 e.